The molecule has 1 aliphatic heterocycles. The highest BCUT2D eigenvalue weighted by atomic mass is 35.5. The Morgan fingerprint density at radius 1 is 1.07 bits per heavy atom. The summed E-state index contributed by atoms with van der Waals surface area (Å²) in [6.45, 7) is 4.25. The van der Waals surface area contributed by atoms with Crippen LogP contribution in [-0.4, -0.2) is 39.7 Å². The van der Waals surface area contributed by atoms with Crippen LogP contribution in [0.3, 0.4) is 0 Å². The van der Waals surface area contributed by atoms with E-state index in [0.29, 0.717) is 42.5 Å². The lowest BCUT2D eigenvalue weighted by atomic mass is 10.1. The summed E-state index contributed by atoms with van der Waals surface area (Å²) in [5.41, 5.74) is 2.36. The highest BCUT2D eigenvalue weighted by molar-refractivity contribution is 7.91. The van der Waals surface area contributed by atoms with Crippen molar-refractivity contribution in [2.24, 2.45) is 0 Å². The molecule has 0 bridgehead atoms. The molecule has 7 heteroatoms. The Morgan fingerprint density at radius 3 is 2.48 bits per heavy atom. The van der Waals surface area contributed by atoms with E-state index in [1.54, 1.807) is 36.4 Å². The number of nitrogens with zero attached hydrogens (tertiary/aromatic N) is 2. The van der Waals surface area contributed by atoms with Crippen molar-refractivity contribution in [3.8, 4) is 0 Å². The third-order valence-corrected chi connectivity index (χ3v) is 6.72. The number of anilines is 1. The van der Waals surface area contributed by atoms with E-state index in [1.165, 1.54) is 6.20 Å². The minimum Gasteiger partial charge on any atom is -0.378 e. The molecule has 2 heterocycles. The van der Waals surface area contributed by atoms with Crippen LogP contribution < -0.4 is 4.90 Å². The number of sulfone groups is 1. The molecular formula is C20H19ClN2O3S. The summed E-state index contributed by atoms with van der Waals surface area (Å²) in [7, 11) is -3.73. The third kappa shape index (κ3) is 3.40. The van der Waals surface area contributed by atoms with Gasteiger partial charge >= 0.3 is 0 Å². The van der Waals surface area contributed by atoms with E-state index in [0.717, 1.165) is 10.9 Å². The fourth-order valence-corrected chi connectivity index (χ4v) is 4.89. The fourth-order valence-electron chi connectivity index (χ4n) is 3.29. The lowest BCUT2D eigenvalue weighted by Crippen LogP contribution is -2.37. The van der Waals surface area contributed by atoms with Crippen LogP contribution in [0.5, 0.6) is 0 Å². The lowest BCUT2D eigenvalue weighted by molar-refractivity contribution is 0.122. The topological polar surface area (TPSA) is 59.5 Å². The minimum absolute atomic E-state index is 0.197. The van der Waals surface area contributed by atoms with Gasteiger partial charge in [0.1, 0.15) is 4.90 Å². The maximum atomic E-state index is 13.4. The van der Waals surface area contributed by atoms with Crippen molar-refractivity contribution >= 4 is 38.0 Å². The second-order valence-corrected chi connectivity index (χ2v) is 8.90. The quantitative estimate of drug-likeness (QED) is 0.665. The molecule has 5 nitrogen and oxygen atoms in total. The maximum absolute atomic E-state index is 13.4. The molecule has 0 aliphatic carbocycles. The summed E-state index contributed by atoms with van der Waals surface area (Å²) in [5.74, 6) is 0. The van der Waals surface area contributed by atoms with Gasteiger partial charge in [-0.3, -0.25) is 4.98 Å². The molecule has 4 rings (SSSR count). The molecule has 2 aromatic carbocycles. The van der Waals surface area contributed by atoms with Gasteiger partial charge in [0, 0.05) is 29.7 Å². The summed E-state index contributed by atoms with van der Waals surface area (Å²) in [4.78, 5) is 6.89. The molecule has 1 fully saturated rings. The number of rotatable bonds is 3. The van der Waals surface area contributed by atoms with E-state index < -0.39 is 9.84 Å². The van der Waals surface area contributed by atoms with Crippen molar-refractivity contribution in [2.45, 2.75) is 16.7 Å². The normalized spacial score (nSPS) is 15.3. The van der Waals surface area contributed by atoms with Crippen LogP contribution in [0.25, 0.3) is 10.9 Å². The first-order chi connectivity index (χ1) is 13.0. The van der Waals surface area contributed by atoms with Gasteiger partial charge in [-0.25, -0.2) is 8.42 Å². The monoisotopic (exact) mass is 402 g/mol. The zero-order valence-corrected chi connectivity index (χ0v) is 16.4. The van der Waals surface area contributed by atoms with E-state index in [1.807, 2.05) is 17.9 Å². The molecule has 27 heavy (non-hydrogen) atoms. The van der Waals surface area contributed by atoms with Crippen LogP contribution in [0.15, 0.2) is 58.5 Å². The molecule has 1 saturated heterocycles. The van der Waals surface area contributed by atoms with Crippen molar-refractivity contribution in [1.82, 2.24) is 4.98 Å². The van der Waals surface area contributed by atoms with E-state index >= 15 is 0 Å². The smallest absolute Gasteiger partial charge is 0.210 e. The molecule has 1 aromatic heterocycles. The van der Waals surface area contributed by atoms with Crippen LogP contribution in [0.4, 0.5) is 5.69 Å². The van der Waals surface area contributed by atoms with Crippen LogP contribution in [0.1, 0.15) is 5.56 Å². The van der Waals surface area contributed by atoms with Crippen LogP contribution in [0, 0.1) is 6.92 Å². The predicted molar refractivity (Wildman–Crippen MR) is 106 cm³/mol. The van der Waals surface area contributed by atoms with Gasteiger partial charge in [-0.1, -0.05) is 29.3 Å². The third-order valence-electron chi connectivity index (χ3n) is 4.72. The molecule has 0 amide bonds. The number of hydrogen-bond acceptors (Lipinski definition) is 5. The number of benzene rings is 2. The highest BCUT2D eigenvalue weighted by Crippen LogP contribution is 2.37. The number of aromatic nitrogens is 1. The minimum atomic E-state index is -3.73. The second kappa shape index (κ2) is 7.11. The number of ether oxygens (including phenoxy) is 1. The molecular weight excluding hydrogens is 384 g/mol. The molecule has 140 valence electrons. The van der Waals surface area contributed by atoms with Crippen molar-refractivity contribution < 1.29 is 13.2 Å². The first-order valence-corrected chi connectivity index (χ1v) is 10.6. The molecule has 0 saturated carbocycles. The van der Waals surface area contributed by atoms with Crippen molar-refractivity contribution in [1.29, 1.82) is 0 Å². The number of halogens is 1. The number of morpholine rings is 1. The van der Waals surface area contributed by atoms with Gasteiger partial charge in [0.05, 0.1) is 29.3 Å². The van der Waals surface area contributed by atoms with Crippen LogP contribution >= 0.6 is 11.6 Å². The average Bonchev–Trinajstić information content (AvgIpc) is 2.68. The SMILES string of the molecule is Cc1ccc(S(=O)(=O)c2cnc3ccc(Cl)cc3c2N2CCOCC2)cc1. The fraction of sp³-hybridized carbons (Fsp3) is 0.250. The summed E-state index contributed by atoms with van der Waals surface area (Å²) in [6.07, 6.45) is 1.45. The molecule has 0 N–H and O–H groups in total. The number of hydrogen-bond donors (Lipinski definition) is 0. The first-order valence-electron chi connectivity index (χ1n) is 8.69. The average molecular weight is 403 g/mol. The van der Waals surface area contributed by atoms with Crippen molar-refractivity contribution in [3.05, 3.63) is 59.2 Å². The Kier molecular flexibility index (Phi) is 4.80. The molecule has 0 atom stereocenters. The standard InChI is InChI=1S/C20H19ClN2O3S/c1-14-2-5-16(6-3-14)27(24,25)19-13-22-18-7-4-15(21)12-17(18)20(19)23-8-10-26-11-9-23/h2-7,12-13H,8-11H2,1H3. The zero-order valence-electron chi connectivity index (χ0n) is 14.9. The van der Waals surface area contributed by atoms with Gasteiger partial charge in [-0.15, -0.1) is 0 Å². The zero-order chi connectivity index (χ0) is 19.0. The van der Waals surface area contributed by atoms with E-state index in [4.69, 9.17) is 16.3 Å². The van der Waals surface area contributed by atoms with Gasteiger partial charge in [0.25, 0.3) is 0 Å². The van der Waals surface area contributed by atoms with Crippen molar-refractivity contribution in [2.75, 3.05) is 31.2 Å². The van der Waals surface area contributed by atoms with Gasteiger partial charge in [0.2, 0.25) is 9.84 Å². The van der Waals surface area contributed by atoms with Crippen LogP contribution in [-0.2, 0) is 14.6 Å². The van der Waals surface area contributed by atoms with Gasteiger partial charge in [0.15, 0.2) is 0 Å². The lowest BCUT2D eigenvalue weighted by Gasteiger charge is -2.31. The summed E-state index contributed by atoms with van der Waals surface area (Å²) in [5, 5.41) is 1.28. The van der Waals surface area contributed by atoms with Crippen molar-refractivity contribution in [3.63, 3.8) is 0 Å². The summed E-state index contributed by atoms with van der Waals surface area (Å²) >= 11 is 6.21. The van der Waals surface area contributed by atoms with E-state index in [-0.39, 0.29) is 9.79 Å². The second-order valence-electron chi connectivity index (χ2n) is 6.55. The highest BCUT2D eigenvalue weighted by Gasteiger charge is 2.27. The van der Waals surface area contributed by atoms with E-state index in [9.17, 15) is 8.42 Å². The maximum Gasteiger partial charge on any atom is 0.210 e. The number of fused-ring (bicyclic) bond motifs is 1. The molecule has 3 aromatic rings. The first kappa shape index (κ1) is 18.2. The Bertz CT molecular complexity index is 1090. The van der Waals surface area contributed by atoms with E-state index in [2.05, 4.69) is 4.98 Å². The van der Waals surface area contributed by atoms with Crippen LogP contribution in [0.2, 0.25) is 5.02 Å². The Morgan fingerprint density at radius 2 is 1.78 bits per heavy atom. The number of aryl methyl sites for hydroxylation is 1. The summed E-state index contributed by atoms with van der Waals surface area (Å²) in [6, 6.07) is 12.2. The van der Waals surface area contributed by atoms with Gasteiger partial charge in [-0.2, -0.15) is 0 Å². The Balaban J connectivity index is 1.98. The number of pyridine rings is 1. The largest absolute Gasteiger partial charge is 0.378 e. The molecule has 0 spiro atoms. The summed E-state index contributed by atoms with van der Waals surface area (Å²) < 4.78 is 32.3. The van der Waals surface area contributed by atoms with Gasteiger partial charge in [-0.05, 0) is 37.3 Å². The van der Waals surface area contributed by atoms with Gasteiger partial charge < -0.3 is 9.64 Å². The molecule has 0 unspecified atom stereocenters. The predicted octanol–water partition coefficient (Wildman–Crippen LogP) is 3.87. The molecule has 1 aliphatic rings. The molecule has 0 radical (unpaired) electrons. The Hall–Kier alpha value is -2.15. The Labute approximate surface area is 163 Å².